The highest BCUT2D eigenvalue weighted by atomic mass is 35.5. The minimum absolute atomic E-state index is 0.144. The van der Waals surface area contributed by atoms with Gasteiger partial charge in [0.1, 0.15) is 6.04 Å². The first-order chi connectivity index (χ1) is 16.3. The van der Waals surface area contributed by atoms with Crippen LogP contribution in [-0.4, -0.2) is 42.5 Å². The maximum atomic E-state index is 13.3. The fraction of sp³-hybridized carbons (Fsp3) is 0.462. The molecule has 186 valence electrons. The van der Waals surface area contributed by atoms with Crippen LogP contribution in [-0.2, 0) is 22.6 Å². The normalized spacial score (nSPS) is 11.6. The summed E-state index contributed by atoms with van der Waals surface area (Å²) in [5.74, 6) is 0.956. The molecule has 0 aromatic heterocycles. The van der Waals surface area contributed by atoms with Gasteiger partial charge < -0.3 is 19.7 Å². The third-order valence-corrected chi connectivity index (χ3v) is 6.05. The fourth-order valence-corrected chi connectivity index (χ4v) is 4.00. The highest BCUT2D eigenvalue weighted by molar-refractivity contribution is 6.36. The molecule has 2 aromatic carbocycles. The summed E-state index contributed by atoms with van der Waals surface area (Å²) in [4.78, 5) is 27.6. The monoisotopic (exact) mass is 508 g/mol. The Morgan fingerprint density at radius 1 is 1.00 bits per heavy atom. The van der Waals surface area contributed by atoms with E-state index in [0.29, 0.717) is 53.3 Å². The lowest BCUT2D eigenvalue weighted by Gasteiger charge is -2.29. The molecule has 8 heteroatoms. The third kappa shape index (κ3) is 7.81. The van der Waals surface area contributed by atoms with Gasteiger partial charge in [-0.3, -0.25) is 9.59 Å². The van der Waals surface area contributed by atoms with E-state index < -0.39 is 6.04 Å². The minimum atomic E-state index is -0.675. The minimum Gasteiger partial charge on any atom is -0.490 e. The SMILES string of the molecule is CCCNC(=O)[C@H](C)N(Cc1c(Cl)cccc1Cl)C(=O)CCc1ccc(OCC)c(OCC)c1. The second-order valence-corrected chi connectivity index (χ2v) is 8.65. The number of ether oxygens (including phenoxy) is 2. The van der Waals surface area contributed by atoms with Crippen LogP contribution in [0, 0.1) is 0 Å². The number of carbonyl (C=O) groups excluding carboxylic acids is 2. The van der Waals surface area contributed by atoms with Crippen molar-refractivity contribution in [3.05, 3.63) is 57.6 Å². The van der Waals surface area contributed by atoms with Crippen LogP contribution >= 0.6 is 23.2 Å². The van der Waals surface area contributed by atoms with Crippen LogP contribution in [0.1, 0.15) is 51.7 Å². The number of nitrogens with zero attached hydrogens (tertiary/aromatic N) is 1. The van der Waals surface area contributed by atoms with Crippen molar-refractivity contribution >= 4 is 35.0 Å². The number of hydrogen-bond donors (Lipinski definition) is 1. The number of aryl methyl sites for hydroxylation is 1. The molecule has 2 amide bonds. The molecule has 1 N–H and O–H groups in total. The van der Waals surface area contributed by atoms with Gasteiger partial charge in [-0.05, 0) is 63.4 Å². The topological polar surface area (TPSA) is 67.9 Å². The largest absolute Gasteiger partial charge is 0.490 e. The molecule has 0 aliphatic rings. The molecule has 0 bridgehead atoms. The molecule has 0 saturated carbocycles. The Labute approximate surface area is 212 Å². The van der Waals surface area contributed by atoms with Gasteiger partial charge in [0, 0.05) is 35.1 Å². The molecule has 0 aliphatic heterocycles. The number of hydrogen-bond acceptors (Lipinski definition) is 4. The Balaban J connectivity index is 2.22. The Hall–Kier alpha value is -2.44. The van der Waals surface area contributed by atoms with Crippen molar-refractivity contribution in [1.82, 2.24) is 10.2 Å². The Bertz CT molecular complexity index is 948. The van der Waals surface area contributed by atoms with Gasteiger partial charge in [0.15, 0.2) is 11.5 Å². The zero-order valence-electron chi connectivity index (χ0n) is 20.3. The first kappa shape index (κ1) is 27.8. The summed E-state index contributed by atoms with van der Waals surface area (Å²) in [5.41, 5.74) is 1.56. The van der Waals surface area contributed by atoms with Crippen molar-refractivity contribution in [3.8, 4) is 11.5 Å². The van der Waals surface area contributed by atoms with Crippen LogP contribution in [0.3, 0.4) is 0 Å². The number of rotatable bonds is 13. The molecule has 2 rings (SSSR count). The van der Waals surface area contributed by atoms with Crippen molar-refractivity contribution in [2.75, 3.05) is 19.8 Å². The summed E-state index contributed by atoms with van der Waals surface area (Å²) in [6.45, 7) is 9.27. The van der Waals surface area contributed by atoms with Crippen LogP contribution in [0.25, 0.3) is 0 Å². The number of nitrogens with one attached hydrogen (secondary N) is 1. The molecule has 2 aromatic rings. The second-order valence-electron chi connectivity index (χ2n) is 7.84. The summed E-state index contributed by atoms with van der Waals surface area (Å²) >= 11 is 12.7. The van der Waals surface area contributed by atoms with Crippen molar-refractivity contribution < 1.29 is 19.1 Å². The van der Waals surface area contributed by atoms with Gasteiger partial charge in [0.2, 0.25) is 11.8 Å². The highest BCUT2D eigenvalue weighted by Crippen LogP contribution is 2.30. The predicted octanol–water partition coefficient (Wildman–Crippen LogP) is 5.67. The van der Waals surface area contributed by atoms with Crippen molar-refractivity contribution in [3.63, 3.8) is 0 Å². The molecule has 0 fully saturated rings. The lowest BCUT2D eigenvalue weighted by Crippen LogP contribution is -2.47. The van der Waals surface area contributed by atoms with E-state index in [9.17, 15) is 9.59 Å². The zero-order valence-corrected chi connectivity index (χ0v) is 21.8. The number of amides is 2. The predicted molar refractivity (Wildman–Crippen MR) is 137 cm³/mol. The van der Waals surface area contributed by atoms with Crippen LogP contribution in [0.4, 0.5) is 0 Å². The average molecular weight is 509 g/mol. The van der Waals surface area contributed by atoms with Gasteiger partial charge in [-0.25, -0.2) is 0 Å². The molecular formula is C26H34Cl2N2O4. The smallest absolute Gasteiger partial charge is 0.242 e. The van der Waals surface area contributed by atoms with E-state index in [0.717, 1.165) is 12.0 Å². The number of benzene rings is 2. The van der Waals surface area contributed by atoms with E-state index in [1.54, 1.807) is 25.1 Å². The van der Waals surface area contributed by atoms with E-state index in [2.05, 4.69) is 5.32 Å². The van der Waals surface area contributed by atoms with Gasteiger partial charge in [-0.15, -0.1) is 0 Å². The Kier molecular flexibility index (Phi) is 11.5. The first-order valence-corrected chi connectivity index (χ1v) is 12.5. The molecule has 0 radical (unpaired) electrons. The molecule has 1 atom stereocenters. The molecule has 0 heterocycles. The summed E-state index contributed by atoms with van der Waals surface area (Å²) in [5, 5.41) is 3.78. The fourth-order valence-electron chi connectivity index (χ4n) is 3.48. The summed E-state index contributed by atoms with van der Waals surface area (Å²) in [6.07, 6.45) is 1.51. The van der Waals surface area contributed by atoms with Crippen LogP contribution in [0.15, 0.2) is 36.4 Å². The molecule has 0 unspecified atom stereocenters. The van der Waals surface area contributed by atoms with Gasteiger partial charge in [-0.2, -0.15) is 0 Å². The lowest BCUT2D eigenvalue weighted by atomic mass is 10.1. The summed E-state index contributed by atoms with van der Waals surface area (Å²) in [6, 6.07) is 10.2. The first-order valence-electron chi connectivity index (χ1n) is 11.7. The maximum Gasteiger partial charge on any atom is 0.242 e. The second kappa shape index (κ2) is 14.1. The van der Waals surface area contributed by atoms with Crippen molar-refractivity contribution in [2.45, 2.75) is 59.5 Å². The number of carbonyl (C=O) groups is 2. The third-order valence-electron chi connectivity index (χ3n) is 5.34. The Morgan fingerprint density at radius 2 is 1.65 bits per heavy atom. The van der Waals surface area contributed by atoms with Gasteiger partial charge in [-0.1, -0.05) is 42.3 Å². The maximum absolute atomic E-state index is 13.3. The van der Waals surface area contributed by atoms with Crippen LogP contribution < -0.4 is 14.8 Å². The van der Waals surface area contributed by atoms with Gasteiger partial charge in [0.05, 0.1) is 13.2 Å². The highest BCUT2D eigenvalue weighted by Gasteiger charge is 2.27. The van der Waals surface area contributed by atoms with Gasteiger partial charge in [0.25, 0.3) is 0 Å². The molecule has 0 spiro atoms. The summed E-state index contributed by atoms with van der Waals surface area (Å²) < 4.78 is 11.3. The van der Waals surface area contributed by atoms with E-state index in [4.69, 9.17) is 32.7 Å². The van der Waals surface area contributed by atoms with Crippen molar-refractivity contribution in [2.24, 2.45) is 0 Å². The standard InChI is InChI=1S/C26H34Cl2N2O4/c1-5-15-29-26(32)18(4)30(17-20-21(27)9-8-10-22(20)28)25(31)14-12-19-11-13-23(33-6-2)24(16-19)34-7-3/h8-11,13,16,18H,5-7,12,14-15,17H2,1-4H3,(H,29,32)/t18-/m0/s1. The van der Waals surface area contributed by atoms with E-state index in [-0.39, 0.29) is 24.8 Å². The average Bonchev–Trinajstić information content (AvgIpc) is 2.82. The quantitative estimate of drug-likeness (QED) is 0.378. The zero-order chi connectivity index (χ0) is 25.1. The molecule has 0 saturated heterocycles. The van der Waals surface area contributed by atoms with Crippen LogP contribution in [0.2, 0.25) is 10.0 Å². The molecule has 0 aliphatic carbocycles. The van der Waals surface area contributed by atoms with Gasteiger partial charge >= 0.3 is 0 Å². The summed E-state index contributed by atoms with van der Waals surface area (Å²) in [7, 11) is 0. The Morgan fingerprint density at radius 3 is 2.26 bits per heavy atom. The molecule has 34 heavy (non-hydrogen) atoms. The lowest BCUT2D eigenvalue weighted by molar-refractivity contribution is -0.140. The van der Waals surface area contributed by atoms with E-state index >= 15 is 0 Å². The number of halogens is 2. The van der Waals surface area contributed by atoms with Crippen molar-refractivity contribution in [1.29, 1.82) is 0 Å². The van der Waals surface area contributed by atoms with Crippen LogP contribution in [0.5, 0.6) is 11.5 Å². The van der Waals surface area contributed by atoms with E-state index in [1.807, 2.05) is 39.0 Å². The van der Waals surface area contributed by atoms with E-state index in [1.165, 1.54) is 4.90 Å². The molecular weight excluding hydrogens is 475 g/mol. The molecule has 6 nitrogen and oxygen atoms in total.